The molecule has 1 amide bonds. The highest BCUT2D eigenvalue weighted by molar-refractivity contribution is 7.89. The first kappa shape index (κ1) is 21.3. The predicted octanol–water partition coefficient (Wildman–Crippen LogP) is 3.17. The first-order valence-electron chi connectivity index (χ1n) is 10.3. The number of carbonyl (C=O) groups excluding carboxylic acids is 1. The molecular formula is C22H26N4O4S. The summed E-state index contributed by atoms with van der Waals surface area (Å²) in [5.41, 5.74) is 3.05. The molecule has 4 rings (SSSR count). The van der Waals surface area contributed by atoms with Gasteiger partial charge in [-0.25, -0.2) is 13.4 Å². The molecule has 1 saturated heterocycles. The molecule has 3 aromatic rings. The highest BCUT2D eigenvalue weighted by Crippen LogP contribution is 2.26. The molecule has 164 valence electrons. The van der Waals surface area contributed by atoms with Gasteiger partial charge in [0.05, 0.1) is 35.1 Å². The number of rotatable bonds is 7. The Labute approximate surface area is 181 Å². The zero-order valence-corrected chi connectivity index (χ0v) is 18.5. The Morgan fingerprint density at radius 2 is 1.94 bits per heavy atom. The van der Waals surface area contributed by atoms with E-state index in [9.17, 15) is 13.2 Å². The molecule has 0 radical (unpaired) electrons. The highest BCUT2D eigenvalue weighted by atomic mass is 32.2. The molecule has 0 unspecified atom stereocenters. The van der Waals surface area contributed by atoms with Crippen molar-refractivity contribution in [3.8, 4) is 5.75 Å². The summed E-state index contributed by atoms with van der Waals surface area (Å²) in [6.07, 6.45) is 3.67. The SMILES string of the molecule is COc1ccc(C)cc1NC(=O)CCn1cnc2cc(S(=O)(=O)N3CCCC3)ccc21. The van der Waals surface area contributed by atoms with Crippen molar-refractivity contribution < 1.29 is 17.9 Å². The first-order valence-corrected chi connectivity index (χ1v) is 11.7. The van der Waals surface area contributed by atoms with Crippen molar-refractivity contribution in [1.82, 2.24) is 13.9 Å². The van der Waals surface area contributed by atoms with Gasteiger partial charge in [0.2, 0.25) is 15.9 Å². The van der Waals surface area contributed by atoms with Gasteiger partial charge in [-0.2, -0.15) is 4.31 Å². The molecule has 31 heavy (non-hydrogen) atoms. The Balaban J connectivity index is 1.46. The lowest BCUT2D eigenvalue weighted by atomic mass is 10.2. The Bertz CT molecular complexity index is 1210. The molecule has 0 spiro atoms. The standard InChI is InChI=1S/C22H26N4O4S/c1-16-5-8-21(30-2)19(13-16)24-22(27)9-12-25-15-23-18-14-17(6-7-20(18)25)31(28,29)26-10-3-4-11-26/h5-8,13-15H,3-4,9-12H2,1-2H3,(H,24,27). The molecule has 0 atom stereocenters. The van der Waals surface area contributed by atoms with Crippen LogP contribution in [-0.4, -0.2) is 48.4 Å². The maximum absolute atomic E-state index is 12.8. The van der Waals surface area contributed by atoms with Crippen LogP contribution in [0.2, 0.25) is 0 Å². The van der Waals surface area contributed by atoms with Gasteiger partial charge in [0, 0.05) is 26.1 Å². The number of benzene rings is 2. The van der Waals surface area contributed by atoms with E-state index in [-0.39, 0.29) is 17.2 Å². The summed E-state index contributed by atoms with van der Waals surface area (Å²) in [5.74, 6) is 0.470. The van der Waals surface area contributed by atoms with E-state index in [1.54, 1.807) is 31.6 Å². The number of sulfonamides is 1. The third-order valence-electron chi connectivity index (χ3n) is 5.50. The molecule has 9 heteroatoms. The molecular weight excluding hydrogens is 416 g/mol. The second-order valence-electron chi connectivity index (χ2n) is 7.70. The van der Waals surface area contributed by atoms with Gasteiger partial charge in [0.25, 0.3) is 0 Å². The molecule has 0 bridgehead atoms. The Morgan fingerprint density at radius 1 is 1.16 bits per heavy atom. The van der Waals surface area contributed by atoms with Gasteiger partial charge < -0.3 is 14.6 Å². The third-order valence-corrected chi connectivity index (χ3v) is 7.40. The minimum absolute atomic E-state index is 0.140. The Kier molecular flexibility index (Phi) is 5.97. The topological polar surface area (TPSA) is 93.5 Å². The zero-order chi connectivity index (χ0) is 22.0. The second-order valence-corrected chi connectivity index (χ2v) is 9.64. The van der Waals surface area contributed by atoms with Gasteiger partial charge in [-0.15, -0.1) is 0 Å². The van der Waals surface area contributed by atoms with Crippen molar-refractivity contribution in [2.75, 3.05) is 25.5 Å². The fourth-order valence-corrected chi connectivity index (χ4v) is 5.35. The minimum Gasteiger partial charge on any atom is -0.495 e. The van der Waals surface area contributed by atoms with Crippen molar-refractivity contribution in [3.63, 3.8) is 0 Å². The number of aromatic nitrogens is 2. The average Bonchev–Trinajstić information content (AvgIpc) is 3.42. The summed E-state index contributed by atoms with van der Waals surface area (Å²) in [6.45, 7) is 3.50. The largest absolute Gasteiger partial charge is 0.495 e. The summed E-state index contributed by atoms with van der Waals surface area (Å²) in [6, 6.07) is 10.6. The van der Waals surface area contributed by atoms with Crippen LogP contribution in [0.15, 0.2) is 47.6 Å². The highest BCUT2D eigenvalue weighted by Gasteiger charge is 2.27. The number of aryl methyl sites for hydroxylation is 2. The number of fused-ring (bicyclic) bond motifs is 1. The van der Waals surface area contributed by atoms with Gasteiger partial charge in [0.1, 0.15) is 5.75 Å². The molecule has 8 nitrogen and oxygen atoms in total. The number of nitrogens with zero attached hydrogens (tertiary/aromatic N) is 3. The van der Waals surface area contributed by atoms with Gasteiger partial charge in [0.15, 0.2) is 0 Å². The van der Waals surface area contributed by atoms with E-state index in [4.69, 9.17) is 4.74 Å². The van der Waals surface area contributed by atoms with Crippen LogP contribution in [0.5, 0.6) is 5.75 Å². The lowest BCUT2D eigenvalue weighted by molar-refractivity contribution is -0.116. The number of carbonyl (C=O) groups is 1. The number of methoxy groups -OCH3 is 1. The fourth-order valence-electron chi connectivity index (χ4n) is 3.81. The number of ether oxygens (including phenoxy) is 1. The van der Waals surface area contributed by atoms with Crippen LogP contribution in [0, 0.1) is 6.92 Å². The Morgan fingerprint density at radius 3 is 2.68 bits per heavy atom. The van der Waals surface area contributed by atoms with Gasteiger partial charge in [-0.3, -0.25) is 4.79 Å². The van der Waals surface area contributed by atoms with Crippen molar-refractivity contribution in [2.24, 2.45) is 0 Å². The third kappa shape index (κ3) is 4.42. The monoisotopic (exact) mass is 442 g/mol. The number of amides is 1. The lowest BCUT2D eigenvalue weighted by Crippen LogP contribution is -2.27. The first-order chi connectivity index (χ1) is 14.9. The van der Waals surface area contributed by atoms with E-state index in [0.717, 1.165) is 23.9 Å². The molecule has 2 aromatic carbocycles. The van der Waals surface area contributed by atoms with Crippen molar-refractivity contribution in [2.45, 2.75) is 37.6 Å². The predicted molar refractivity (Wildman–Crippen MR) is 119 cm³/mol. The van der Waals surface area contributed by atoms with E-state index in [1.165, 1.54) is 4.31 Å². The smallest absolute Gasteiger partial charge is 0.243 e. The van der Waals surface area contributed by atoms with Crippen LogP contribution in [0.25, 0.3) is 11.0 Å². The van der Waals surface area contributed by atoms with Crippen LogP contribution in [0.1, 0.15) is 24.8 Å². The lowest BCUT2D eigenvalue weighted by Gasteiger charge is -2.15. The normalized spacial score (nSPS) is 14.8. The van der Waals surface area contributed by atoms with E-state index in [2.05, 4.69) is 10.3 Å². The van der Waals surface area contributed by atoms with Crippen LogP contribution in [0.4, 0.5) is 5.69 Å². The zero-order valence-electron chi connectivity index (χ0n) is 17.7. The van der Waals surface area contributed by atoms with E-state index < -0.39 is 10.0 Å². The Hall–Kier alpha value is -2.91. The summed E-state index contributed by atoms with van der Waals surface area (Å²) in [4.78, 5) is 17.1. The minimum atomic E-state index is -3.48. The molecule has 1 fully saturated rings. The molecule has 1 aliphatic heterocycles. The van der Waals surface area contributed by atoms with Gasteiger partial charge in [-0.05, 0) is 55.7 Å². The number of hydrogen-bond donors (Lipinski definition) is 1. The summed E-state index contributed by atoms with van der Waals surface area (Å²) in [5, 5.41) is 2.89. The summed E-state index contributed by atoms with van der Waals surface area (Å²) < 4.78 is 34.2. The molecule has 1 N–H and O–H groups in total. The van der Waals surface area contributed by atoms with Crippen molar-refractivity contribution >= 4 is 32.7 Å². The van der Waals surface area contributed by atoms with E-state index in [0.29, 0.717) is 36.6 Å². The fraction of sp³-hybridized carbons (Fsp3) is 0.364. The van der Waals surface area contributed by atoms with Crippen LogP contribution >= 0.6 is 0 Å². The van der Waals surface area contributed by atoms with E-state index >= 15 is 0 Å². The van der Waals surface area contributed by atoms with Gasteiger partial charge >= 0.3 is 0 Å². The van der Waals surface area contributed by atoms with Crippen molar-refractivity contribution in [1.29, 1.82) is 0 Å². The molecule has 0 aliphatic carbocycles. The number of nitrogens with one attached hydrogen (secondary N) is 1. The number of imidazole rings is 1. The molecule has 1 aromatic heterocycles. The number of anilines is 1. The van der Waals surface area contributed by atoms with Gasteiger partial charge in [-0.1, -0.05) is 6.07 Å². The maximum atomic E-state index is 12.8. The quantitative estimate of drug-likeness (QED) is 0.607. The molecule has 1 aliphatic rings. The average molecular weight is 443 g/mol. The van der Waals surface area contributed by atoms with E-state index in [1.807, 2.05) is 29.7 Å². The van der Waals surface area contributed by atoms with Crippen LogP contribution < -0.4 is 10.1 Å². The van der Waals surface area contributed by atoms with Crippen LogP contribution in [0.3, 0.4) is 0 Å². The summed E-state index contributed by atoms with van der Waals surface area (Å²) >= 11 is 0. The second kappa shape index (κ2) is 8.68. The number of hydrogen-bond acceptors (Lipinski definition) is 5. The van der Waals surface area contributed by atoms with Crippen LogP contribution in [-0.2, 0) is 21.4 Å². The maximum Gasteiger partial charge on any atom is 0.243 e. The summed E-state index contributed by atoms with van der Waals surface area (Å²) in [7, 11) is -1.92. The molecule has 2 heterocycles. The molecule has 0 saturated carbocycles. The van der Waals surface area contributed by atoms with Crippen molar-refractivity contribution in [3.05, 3.63) is 48.3 Å².